The Morgan fingerprint density at radius 1 is 1.26 bits per heavy atom. The van der Waals surface area contributed by atoms with Crippen LogP contribution in [0.3, 0.4) is 0 Å². The molecule has 0 spiro atoms. The molecule has 1 aromatic heterocycles. The molecule has 2 heterocycles. The standard InChI is InChI=1S/C17H17ClF2N2O4S/c1-25-9-2-7-22-8-10-27(23,24)15-13(18)16(20)21-17(14(15)22)26-12-5-3-11(19)4-6-12/h3-6H,2,7-10H2,1H3. The summed E-state index contributed by atoms with van der Waals surface area (Å²) < 4.78 is 63.0. The van der Waals surface area contributed by atoms with Gasteiger partial charge in [-0.05, 0) is 30.7 Å². The fourth-order valence-electron chi connectivity index (χ4n) is 2.80. The van der Waals surface area contributed by atoms with E-state index in [4.69, 9.17) is 21.1 Å². The van der Waals surface area contributed by atoms with Crippen LogP contribution in [0, 0.1) is 11.8 Å². The number of halogens is 3. The van der Waals surface area contributed by atoms with Gasteiger partial charge in [0.25, 0.3) is 0 Å². The molecule has 0 bridgehead atoms. The number of hydrogen-bond acceptors (Lipinski definition) is 6. The molecule has 0 N–H and O–H groups in total. The lowest BCUT2D eigenvalue weighted by Crippen LogP contribution is -2.37. The molecule has 0 radical (unpaired) electrons. The summed E-state index contributed by atoms with van der Waals surface area (Å²) in [5.41, 5.74) is 0.105. The van der Waals surface area contributed by atoms with Crippen molar-refractivity contribution in [3.8, 4) is 11.6 Å². The Morgan fingerprint density at radius 2 is 1.96 bits per heavy atom. The van der Waals surface area contributed by atoms with E-state index in [0.717, 1.165) is 0 Å². The normalized spacial score (nSPS) is 15.5. The van der Waals surface area contributed by atoms with Crippen LogP contribution in [0.1, 0.15) is 6.42 Å². The van der Waals surface area contributed by atoms with Crippen molar-refractivity contribution in [1.29, 1.82) is 0 Å². The van der Waals surface area contributed by atoms with E-state index in [2.05, 4.69) is 4.98 Å². The average molecular weight is 419 g/mol. The summed E-state index contributed by atoms with van der Waals surface area (Å²) in [6.07, 6.45) is 0.612. The van der Waals surface area contributed by atoms with E-state index in [1.54, 1.807) is 12.0 Å². The molecule has 0 amide bonds. The monoisotopic (exact) mass is 418 g/mol. The third kappa shape index (κ3) is 4.15. The number of nitrogens with zero attached hydrogens (tertiary/aromatic N) is 2. The summed E-state index contributed by atoms with van der Waals surface area (Å²) in [7, 11) is -2.24. The second-order valence-corrected chi connectivity index (χ2v) is 8.33. The largest absolute Gasteiger partial charge is 0.437 e. The summed E-state index contributed by atoms with van der Waals surface area (Å²) in [6.45, 7) is 1.09. The Morgan fingerprint density at radius 3 is 2.63 bits per heavy atom. The highest BCUT2D eigenvalue weighted by Gasteiger charge is 2.36. The first-order chi connectivity index (χ1) is 12.8. The number of fused-ring (bicyclic) bond motifs is 1. The van der Waals surface area contributed by atoms with Gasteiger partial charge in [-0.1, -0.05) is 11.6 Å². The number of anilines is 1. The SMILES string of the molecule is COCCCN1CCS(=O)(=O)c2c(Cl)c(F)nc(Oc3ccc(F)cc3)c21. The van der Waals surface area contributed by atoms with Gasteiger partial charge < -0.3 is 14.4 Å². The van der Waals surface area contributed by atoms with Gasteiger partial charge >= 0.3 is 0 Å². The Labute approximate surface area is 160 Å². The van der Waals surface area contributed by atoms with Crippen LogP contribution in [-0.4, -0.2) is 46.0 Å². The zero-order valence-corrected chi connectivity index (χ0v) is 16.0. The number of benzene rings is 1. The van der Waals surface area contributed by atoms with Crippen molar-refractivity contribution < 1.29 is 26.7 Å². The maximum Gasteiger partial charge on any atom is 0.247 e. The molecular weight excluding hydrogens is 402 g/mol. The average Bonchev–Trinajstić information content (AvgIpc) is 2.62. The second kappa shape index (κ2) is 7.95. The van der Waals surface area contributed by atoms with Crippen LogP contribution in [0.5, 0.6) is 11.6 Å². The molecule has 3 rings (SSSR count). The minimum absolute atomic E-state index is 0.105. The number of aromatic nitrogens is 1. The molecule has 0 fully saturated rings. The molecule has 2 aromatic rings. The third-order valence-corrected chi connectivity index (χ3v) is 6.26. The summed E-state index contributed by atoms with van der Waals surface area (Å²) >= 11 is 5.94. The van der Waals surface area contributed by atoms with E-state index in [1.165, 1.54) is 24.3 Å². The number of hydrogen-bond donors (Lipinski definition) is 0. The van der Waals surface area contributed by atoms with E-state index < -0.39 is 26.6 Å². The summed E-state index contributed by atoms with van der Waals surface area (Å²) in [5.74, 6) is -1.86. The van der Waals surface area contributed by atoms with Crippen molar-refractivity contribution in [2.45, 2.75) is 11.3 Å². The van der Waals surface area contributed by atoms with Crippen LogP contribution < -0.4 is 9.64 Å². The van der Waals surface area contributed by atoms with E-state index in [9.17, 15) is 17.2 Å². The van der Waals surface area contributed by atoms with E-state index >= 15 is 0 Å². The van der Waals surface area contributed by atoms with Gasteiger partial charge in [-0.25, -0.2) is 12.8 Å². The minimum Gasteiger partial charge on any atom is -0.437 e. The van der Waals surface area contributed by atoms with Gasteiger partial charge in [-0.3, -0.25) is 0 Å². The van der Waals surface area contributed by atoms with Crippen LogP contribution in [0.4, 0.5) is 14.5 Å². The maximum absolute atomic E-state index is 14.2. The molecule has 0 atom stereocenters. The first-order valence-corrected chi connectivity index (χ1v) is 10.2. The fourth-order valence-corrected chi connectivity index (χ4v) is 4.82. The Kier molecular flexibility index (Phi) is 5.83. The minimum atomic E-state index is -3.81. The first-order valence-electron chi connectivity index (χ1n) is 8.12. The Hall–Kier alpha value is -1.97. The lowest BCUT2D eigenvalue weighted by molar-refractivity contribution is 0.196. The number of rotatable bonds is 6. The lowest BCUT2D eigenvalue weighted by Gasteiger charge is -2.32. The predicted molar refractivity (Wildman–Crippen MR) is 96.4 cm³/mol. The zero-order chi connectivity index (χ0) is 19.6. The highest BCUT2D eigenvalue weighted by Crippen LogP contribution is 2.44. The molecule has 0 aliphatic carbocycles. The summed E-state index contributed by atoms with van der Waals surface area (Å²) in [5, 5.41) is -0.562. The van der Waals surface area contributed by atoms with E-state index in [-0.39, 0.29) is 34.5 Å². The molecule has 6 nitrogen and oxygen atoms in total. The smallest absolute Gasteiger partial charge is 0.247 e. The number of ether oxygens (including phenoxy) is 2. The van der Waals surface area contributed by atoms with Gasteiger partial charge in [0.1, 0.15) is 27.2 Å². The van der Waals surface area contributed by atoms with Crippen LogP contribution in [0.15, 0.2) is 29.2 Å². The molecule has 0 saturated carbocycles. The van der Waals surface area contributed by atoms with Gasteiger partial charge in [-0.2, -0.15) is 9.37 Å². The Bertz CT molecular complexity index is 939. The lowest BCUT2D eigenvalue weighted by atomic mass is 10.3. The van der Waals surface area contributed by atoms with Crippen molar-refractivity contribution >= 4 is 27.1 Å². The van der Waals surface area contributed by atoms with Gasteiger partial charge in [0.2, 0.25) is 11.8 Å². The highest BCUT2D eigenvalue weighted by molar-refractivity contribution is 7.91. The number of pyridine rings is 1. The molecule has 146 valence electrons. The van der Waals surface area contributed by atoms with E-state index in [0.29, 0.717) is 19.6 Å². The second-order valence-electron chi connectivity index (χ2n) is 5.91. The Balaban J connectivity index is 2.10. The van der Waals surface area contributed by atoms with Crippen molar-refractivity contribution in [2.75, 3.05) is 37.5 Å². The van der Waals surface area contributed by atoms with Crippen LogP contribution in [0.25, 0.3) is 0 Å². The molecule has 10 heteroatoms. The quantitative estimate of drug-likeness (QED) is 0.528. The molecule has 0 unspecified atom stereocenters. The number of sulfone groups is 1. The van der Waals surface area contributed by atoms with Crippen LogP contribution >= 0.6 is 11.6 Å². The molecule has 0 saturated heterocycles. The molecule has 1 aromatic carbocycles. The van der Waals surface area contributed by atoms with E-state index in [1.807, 2.05) is 0 Å². The van der Waals surface area contributed by atoms with Gasteiger partial charge in [0, 0.05) is 26.8 Å². The predicted octanol–water partition coefficient (Wildman–Crippen LogP) is 3.44. The van der Waals surface area contributed by atoms with Crippen molar-refractivity contribution in [3.05, 3.63) is 41.1 Å². The van der Waals surface area contributed by atoms with Gasteiger partial charge in [-0.15, -0.1) is 0 Å². The molecule has 27 heavy (non-hydrogen) atoms. The molecule has 1 aliphatic rings. The number of methoxy groups -OCH3 is 1. The highest BCUT2D eigenvalue weighted by atomic mass is 35.5. The van der Waals surface area contributed by atoms with Crippen LogP contribution in [0.2, 0.25) is 5.02 Å². The molecular formula is C17H17ClF2N2O4S. The maximum atomic E-state index is 14.2. The van der Waals surface area contributed by atoms with Crippen molar-refractivity contribution in [2.24, 2.45) is 0 Å². The summed E-state index contributed by atoms with van der Waals surface area (Å²) in [6, 6.07) is 5.01. The topological polar surface area (TPSA) is 68.7 Å². The van der Waals surface area contributed by atoms with Gasteiger partial charge in [0.05, 0.1) is 5.75 Å². The van der Waals surface area contributed by atoms with Crippen LogP contribution in [-0.2, 0) is 14.6 Å². The zero-order valence-electron chi connectivity index (χ0n) is 14.4. The van der Waals surface area contributed by atoms with Crippen molar-refractivity contribution in [3.63, 3.8) is 0 Å². The fraction of sp³-hybridized carbons (Fsp3) is 0.353. The summed E-state index contributed by atoms with van der Waals surface area (Å²) in [4.78, 5) is 5.09. The van der Waals surface area contributed by atoms with Crippen molar-refractivity contribution in [1.82, 2.24) is 4.98 Å². The first kappa shape index (κ1) is 19.8. The third-order valence-electron chi connectivity index (χ3n) is 4.06. The molecule has 1 aliphatic heterocycles. The van der Waals surface area contributed by atoms with Gasteiger partial charge in [0.15, 0.2) is 9.84 Å².